The van der Waals surface area contributed by atoms with Crippen LogP contribution in [0.25, 0.3) is 16.8 Å². The normalized spacial score (nSPS) is 16.3. The molecule has 1 aliphatic heterocycles. The number of aryl methyl sites for hydroxylation is 1. The highest BCUT2D eigenvalue weighted by Gasteiger charge is 2.33. The number of imidazole rings is 1. The van der Waals surface area contributed by atoms with Crippen molar-refractivity contribution in [1.82, 2.24) is 19.6 Å². The lowest BCUT2D eigenvalue weighted by Gasteiger charge is -2.32. The summed E-state index contributed by atoms with van der Waals surface area (Å²) in [5.41, 5.74) is 4.61. The van der Waals surface area contributed by atoms with E-state index in [9.17, 15) is 18.0 Å². The molecule has 0 spiro atoms. The van der Waals surface area contributed by atoms with Gasteiger partial charge in [0.15, 0.2) is 6.29 Å². The molecule has 0 saturated carbocycles. The van der Waals surface area contributed by atoms with Crippen LogP contribution in [-0.2, 0) is 0 Å². The Balaban J connectivity index is 1.54. The van der Waals surface area contributed by atoms with Crippen molar-refractivity contribution in [2.24, 2.45) is 10.9 Å². The number of nitrogens with zero attached hydrogens (tertiary/aromatic N) is 4. The van der Waals surface area contributed by atoms with Gasteiger partial charge in [-0.3, -0.25) is 9.69 Å². The van der Waals surface area contributed by atoms with Gasteiger partial charge in [-0.2, -0.15) is 13.2 Å². The van der Waals surface area contributed by atoms with Crippen LogP contribution in [0, 0.1) is 12.8 Å². The van der Waals surface area contributed by atoms with Gasteiger partial charge in [-0.1, -0.05) is 6.07 Å². The SMILES string of the molecule is CN/C(=N\c1ccc(-c2ccc3nc(C)cn3c2)cc1C=O)C1CCN(CC(F)(F)F)CC1. The fraction of sp³-hybridized carbons (Fsp3) is 0.375. The molecule has 6 nitrogen and oxygen atoms in total. The quantitative estimate of drug-likeness (QED) is 0.344. The molecule has 1 aromatic carbocycles. The van der Waals surface area contributed by atoms with Crippen LogP contribution in [0.4, 0.5) is 18.9 Å². The van der Waals surface area contributed by atoms with Gasteiger partial charge in [0.2, 0.25) is 0 Å². The minimum atomic E-state index is -4.19. The van der Waals surface area contributed by atoms with Crippen molar-refractivity contribution in [3.8, 4) is 11.1 Å². The summed E-state index contributed by atoms with van der Waals surface area (Å²) in [6.07, 6.45) is 1.66. The summed E-state index contributed by atoms with van der Waals surface area (Å²) in [5.74, 6) is 0.707. The van der Waals surface area contributed by atoms with Gasteiger partial charge < -0.3 is 9.72 Å². The van der Waals surface area contributed by atoms with Crippen molar-refractivity contribution in [2.75, 3.05) is 26.7 Å². The first kappa shape index (κ1) is 23.0. The Labute approximate surface area is 190 Å². The van der Waals surface area contributed by atoms with Gasteiger partial charge in [-0.15, -0.1) is 0 Å². The zero-order chi connectivity index (χ0) is 23.6. The Morgan fingerprint density at radius 2 is 1.91 bits per heavy atom. The van der Waals surface area contributed by atoms with Crippen LogP contribution < -0.4 is 5.32 Å². The van der Waals surface area contributed by atoms with Crippen LogP contribution in [0.2, 0.25) is 0 Å². The fourth-order valence-corrected chi connectivity index (χ4v) is 4.32. The third kappa shape index (κ3) is 5.42. The van der Waals surface area contributed by atoms with E-state index in [-0.39, 0.29) is 5.92 Å². The number of hydrogen-bond acceptors (Lipinski definition) is 4. The topological polar surface area (TPSA) is 62.0 Å². The average molecular weight is 458 g/mol. The molecular weight excluding hydrogens is 431 g/mol. The van der Waals surface area contributed by atoms with Crippen molar-refractivity contribution >= 4 is 23.5 Å². The largest absolute Gasteiger partial charge is 0.401 e. The number of pyridine rings is 1. The number of hydrogen-bond donors (Lipinski definition) is 1. The second kappa shape index (κ2) is 9.35. The van der Waals surface area contributed by atoms with Crippen LogP contribution in [0.3, 0.4) is 0 Å². The van der Waals surface area contributed by atoms with Gasteiger partial charge in [-0.05, 0) is 68.2 Å². The molecule has 33 heavy (non-hydrogen) atoms. The Bertz CT molecular complexity index is 1180. The highest BCUT2D eigenvalue weighted by Crippen LogP contribution is 2.29. The third-order valence-corrected chi connectivity index (χ3v) is 5.93. The second-order valence-corrected chi connectivity index (χ2v) is 8.37. The smallest absolute Gasteiger partial charge is 0.376 e. The van der Waals surface area contributed by atoms with Crippen LogP contribution in [0.5, 0.6) is 0 Å². The van der Waals surface area contributed by atoms with Crippen molar-refractivity contribution in [3.05, 3.63) is 54.0 Å². The average Bonchev–Trinajstić information content (AvgIpc) is 3.16. The number of likely N-dealkylation sites (tertiary alicyclic amines) is 1. The van der Waals surface area contributed by atoms with Gasteiger partial charge in [0.05, 0.1) is 17.9 Å². The number of aliphatic imine (C=N–C) groups is 1. The summed E-state index contributed by atoms with van der Waals surface area (Å²) in [5, 5.41) is 3.09. The number of amidine groups is 1. The van der Waals surface area contributed by atoms with Crippen molar-refractivity contribution < 1.29 is 18.0 Å². The van der Waals surface area contributed by atoms with Gasteiger partial charge in [0.1, 0.15) is 11.5 Å². The number of piperidine rings is 1. The molecule has 0 unspecified atom stereocenters. The number of aldehydes is 1. The molecule has 1 saturated heterocycles. The summed E-state index contributed by atoms with van der Waals surface area (Å²) < 4.78 is 39.9. The maximum absolute atomic E-state index is 12.7. The van der Waals surface area contributed by atoms with Gasteiger partial charge in [-0.25, -0.2) is 9.98 Å². The van der Waals surface area contributed by atoms with E-state index in [1.165, 1.54) is 4.90 Å². The summed E-state index contributed by atoms with van der Waals surface area (Å²) >= 11 is 0. The number of carbonyl (C=O) groups is 1. The Kier molecular flexibility index (Phi) is 6.51. The lowest BCUT2D eigenvalue weighted by Crippen LogP contribution is -2.43. The number of benzene rings is 1. The monoisotopic (exact) mass is 457 g/mol. The number of fused-ring (bicyclic) bond motifs is 1. The molecule has 2 aromatic heterocycles. The maximum Gasteiger partial charge on any atom is 0.401 e. The van der Waals surface area contributed by atoms with E-state index < -0.39 is 12.7 Å². The van der Waals surface area contributed by atoms with E-state index in [0.29, 0.717) is 43.0 Å². The van der Waals surface area contributed by atoms with Crippen LogP contribution in [0.15, 0.2) is 47.7 Å². The molecule has 1 N–H and O–H groups in total. The number of alkyl halides is 3. The van der Waals surface area contributed by atoms with Crippen molar-refractivity contribution in [1.29, 1.82) is 0 Å². The highest BCUT2D eigenvalue weighted by atomic mass is 19.4. The summed E-state index contributed by atoms with van der Waals surface area (Å²) in [6.45, 7) is 1.78. The van der Waals surface area contributed by atoms with Gasteiger partial charge in [0, 0.05) is 30.9 Å². The maximum atomic E-state index is 12.7. The minimum Gasteiger partial charge on any atom is -0.376 e. The van der Waals surface area contributed by atoms with E-state index in [1.54, 1.807) is 19.2 Å². The van der Waals surface area contributed by atoms with Gasteiger partial charge in [0.25, 0.3) is 0 Å². The first-order valence-corrected chi connectivity index (χ1v) is 10.9. The van der Waals surface area contributed by atoms with E-state index >= 15 is 0 Å². The van der Waals surface area contributed by atoms with E-state index in [2.05, 4.69) is 15.3 Å². The summed E-state index contributed by atoms with van der Waals surface area (Å²) in [7, 11) is 1.75. The fourth-order valence-electron chi connectivity index (χ4n) is 4.32. The van der Waals surface area contributed by atoms with Gasteiger partial charge >= 0.3 is 6.18 Å². The van der Waals surface area contributed by atoms with Crippen molar-refractivity contribution in [2.45, 2.75) is 25.9 Å². The molecule has 0 aliphatic carbocycles. The predicted octanol–water partition coefficient (Wildman–Crippen LogP) is 4.65. The van der Waals surface area contributed by atoms with E-state index in [4.69, 9.17) is 0 Å². The van der Waals surface area contributed by atoms with E-state index in [1.807, 2.05) is 41.9 Å². The first-order valence-electron chi connectivity index (χ1n) is 10.9. The molecule has 9 heteroatoms. The Hall–Kier alpha value is -3.20. The van der Waals surface area contributed by atoms with Crippen LogP contribution in [-0.4, -0.2) is 59.3 Å². The standard InChI is InChI=1S/C24H26F3N5O/c1-16-12-32-13-19(4-6-22(32)29-16)18-3-5-21(20(11-18)14-33)30-23(28-2)17-7-9-31(10-8-17)15-24(25,26)27/h3-6,11-14,17H,7-10,15H2,1-2H3,(H,28,30). The van der Waals surface area contributed by atoms with Crippen molar-refractivity contribution in [3.63, 3.8) is 0 Å². The molecule has 4 rings (SSSR count). The molecular formula is C24H26F3N5O. The molecule has 3 aromatic rings. The number of rotatable bonds is 5. The van der Waals surface area contributed by atoms with E-state index in [0.717, 1.165) is 28.8 Å². The van der Waals surface area contributed by atoms with Crippen LogP contribution >= 0.6 is 0 Å². The molecule has 0 radical (unpaired) electrons. The first-order chi connectivity index (χ1) is 15.8. The predicted molar refractivity (Wildman–Crippen MR) is 122 cm³/mol. The number of nitrogens with one attached hydrogen (secondary N) is 1. The highest BCUT2D eigenvalue weighted by molar-refractivity contribution is 5.92. The lowest BCUT2D eigenvalue weighted by molar-refractivity contribution is -0.148. The molecule has 3 heterocycles. The Morgan fingerprint density at radius 1 is 1.18 bits per heavy atom. The summed E-state index contributed by atoms with van der Waals surface area (Å²) in [4.78, 5) is 22.4. The molecule has 0 atom stereocenters. The number of aromatic nitrogens is 2. The van der Waals surface area contributed by atoms with Crippen LogP contribution in [0.1, 0.15) is 28.9 Å². The lowest BCUT2D eigenvalue weighted by atomic mass is 9.95. The number of halogens is 3. The minimum absolute atomic E-state index is 0.0190. The second-order valence-electron chi connectivity index (χ2n) is 8.37. The Morgan fingerprint density at radius 3 is 2.58 bits per heavy atom. The molecule has 1 aliphatic rings. The molecule has 0 amide bonds. The summed E-state index contributed by atoms with van der Waals surface area (Å²) in [6, 6.07) is 9.41. The number of carbonyl (C=O) groups excluding carboxylic acids is 1. The third-order valence-electron chi connectivity index (χ3n) is 5.93. The molecule has 174 valence electrons. The zero-order valence-corrected chi connectivity index (χ0v) is 18.6. The zero-order valence-electron chi connectivity index (χ0n) is 18.6. The molecule has 1 fully saturated rings. The molecule has 0 bridgehead atoms.